The molecule has 3 heterocycles. The summed E-state index contributed by atoms with van der Waals surface area (Å²) in [5, 5.41) is 3.27. The lowest BCUT2D eigenvalue weighted by Crippen LogP contribution is -2.49. The van der Waals surface area contributed by atoms with E-state index < -0.39 is 23.9 Å². The number of anilines is 1. The van der Waals surface area contributed by atoms with E-state index >= 15 is 0 Å². The highest BCUT2D eigenvalue weighted by atomic mass is 79.9. The van der Waals surface area contributed by atoms with Gasteiger partial charge in [0, 0.05) is 41.9 Å². The third-order valence-electron chi connectivity index (χ3n) is 8.05. The predicted molar refractivity (Wildman–Crippen MR) is 170 cm³/mol. The number of amides is 2. The van der Waals surface area contributed by atoms with Crippen molar-refractivity contribution in [2.75, 3.05) is 31.1 Å². The fourth-order valence-corrected chi connectivity index (χ4v) is 6.10. The number of imidazole rings is 1. The molecule has 9 nitrogen and oxygen atoms in total. The number of carbonyl (C=O) groups excluding carboxylic acids is 2. The Morgan fingerprint density at radius 3 is 2.39 bits per heavy atom. The van der Waals surface area contributed by atoms with Crippen LogP contribution in [0.2, 0.25) is 5.02 Å². The minimum absolute atomic E-state index is 0.00641. The number of hydrogen-bond acceptors (Lipinski definition) is 5. The van der Waals surface area contributed by atoms with E-state index in [0.717, 1.165) is 5.56 Å². The number of carbonyl (C=O) groups is 2. The fourth-order valence-electron chi connectivity index (χ4n) is 5.67. The van der Waals surface area contributed by atoms with Crippen LogP contribution in [0.5, 0.6) is 0 Å². The number of morpholine rings is 1. The van der Waals surface area contributed by atoms with Gasteiger partial charge in [0.25, 0.3) is 11.8 Å². The number of alkyl halides is 3. The Bertz CT molecular complexity index is 1830. The number of benzene rings is 3. The van der Waals surface area contributed by atoms with Crippen LogP contribution in [-0.2, 0) is 24.4 Å². The number of ether oxygens (including phenoxy) is 1. The summed E-state index contributed by atoms with van der Waals surface area (Å²) >= 11 is 9.56. The second kappa shape index (κ2) is 13.0. The lowest BCUT2D eigenvalue weighted by Gasteiger charge is -2.35. The van der Waals surface area contributed by atoms with Gasteiger partial charge in [-0.1, -0.05) is 41.9 Å². The highest BCUT2D eigenvalue weighted by Gasteiger charge is 2.43. The molecule has 0 radical (unpaired) electrons. The Morgan fingerprint density at radius 1 is 0.978 bits per heavy atom. The van der Waals surface area contributed by atoms with Crippen molar-refractivity contribution in [3.63, 3.8) is 0 Å². The molecule has 240 valence electrons. The minimum atomic E-state index is -4.49. The van der Waals surface area contributed by atoms with Crippen molar-refractivity contribution >= 4 is 45.0 Å². The maximum atomic E-state index is 13.9. The Balaban J connectivity index is 1.34. The van der Waals surface area contributed by atoms with E-state index in [1.54, 1.807) is 52.3 Å². The van der Waals surface area contributed by atoms with Crippen LogP contribution in [0.1, 0.15) is 32.1 Å². The van der Waals surface area contributed by atoms with Gasteiger partial charge in [0.15, 0.2) is 6.10 Å². The topological polar surface area (TPSA) is 88.8 Å². The Labute approximate surface area is 275 Å². The number of rotatable bonds is 6. The molecule has 14 heteroatoms. The molecule has 4 aromatic rings. The van der Waals surface area contributed by atoms with Crippen LogP contribution in [0.3, 0.4) is 0 Å². The smallest absolute Gasteiger partial charge is 0.366 e. The van der Waals surface area contributed by atoms with Crippen LogP contribution in [-0.4, -0.2) is 64.4 Å². The normalized spacial score (nSPS) is 16.7. The molecule has 1 fully saturated rings. The number of aromatic nitrogens is 2. The second-order valence-electron chi connectivity index (χ2n) is 11.0. The summed E-state index contributed by atoms with van der Waals surface area (Å²) in [4.78, 5) is 44.3. The van der Waals surface area contributed by atoms with Crippen molar-refractivity contribution in [2.45, 2.75) is 31.9 Å². The first-order valence-corrected chi connectivity index (χ1v) is 15.6. The summed E-state index contributed by atoms with van der Waals surface area (Å²) in [6, 6.07) is 20.6. The van der Waals surface area contributed by atoms with Crippen molar-refractivity contribution in [1.82, 2.24) is 19.4 Å². The summed E-state index contributed by atoms with van der Waals surface area (Å²) in [5.74, 6) is -0.815. The zero-order chi connectivity index (χ0) is 32.6. The van der Waals surface area contributed by atoms with Crippen molar-refractivity contribution in [2.24, 2.45) is 0 Å². The quantitative estimate of drug-likeness (QED) is 0.288. The highest BCUT2D eigenvalue weighted by molar-refractivity contribution is 9.10. The largest absolute Gasteiger partial charge is 0.416 e. The minimum Gasteiger partial charge on any atom is -0.366 e. The first kappa shape index (κ1) is 31.9. The van der Waals surface area contributed by atoms with E-state index in [4.69, 9.17) is 16.3 Å². The molecule has 2 aliphatic rings. The number of nitrogens with one attached hydrogen (secondary N) is 1. The number of hydrogen-bond donors (Lipinski definition) is 1. The highest BCUT2D eigenvalue weighted by Crippen LogP contribution is 2.30. The molecule has 1 saturated heterocycles. The van der Waals surface area contributed by atoms with Gasteiger partial charge in [-0.15, -0.1) is 0 Å². The molecule has 2 amide bonds. The molecular weight excluding hydrogens is 691 g/mol. The molecule has 0 aliphatic carbocycles. The maximum absolute atomic E-state index is 13.9. The Hall–Kier alpha value is -4.07. The molecule has 1 atom stereocenters. The predicted octanol–water partition coefficient (Wildman–Crippen LogP) is 5.41. The summed E-state index contributed by atoms with van der Waals surface area (Å²) in [6.07, 6.45) is -6.39. The van der Waals surface area contributed by atoms with E-state index in [1.165, 1.54) is 9.13 Å². The standard InChI is InChI=1S/C32H28BrClF3N5O4/c33-24-11-6-21(16-25(24)34)30(44)40-12-13-41-26(18-40)28(29(43)38-17-20-4-2-1-3-5-20)42(31(41)45)23-9-7-22(8-10-23)39-14-15-46-27(19-39)32(35,36)37/h1-11,16,27H,12-15,17-19H2,(H,38,43)/t27-/m0/s1. The summed E-state index contributed by atoms with van der Waals surface area (Å²) in [7, 11) is 0. The molecule has 6 rings (SSSR count). The lowest BCUT2D eigenvalue weighted by atomic mass is 10.1. The van der Waals surface area contributed by atoms with Gasteiger partial charge in [0.05, 0.1) is 36.1 Å². The van der Waals surface area contributed by atoms with E-state index in [1.807, 2.05) is 30.3 Å². The van der Waals surface area contributed by atoms with E-state index in [-0.39, 0.29) is 57.5 Å². The van der Waals surface area contributed by atoms with Crippen molar-refractivity contribution < 1.29 is 27.5 Å². The van der Waals surface area contributed by atoms with E-state index in [2.05, 4.69) is 21.2 Å². The van der Waals surface area contributed by atoms with Gasteiger partial charge in [-0.2, -0.15) is 13.2 Å². The first-order chi connectivity index (χ1) is 22.0. The van der Waals surface area contributed by atoms with Crippen molar-refractivity contribution in [3.05, 3.63) is 115 Å². The molecule has 3 aromatic carbocycles. The number of halogens is 5. The third kappa shape index (κ3) is 6.44. The average molecular weight is 719 g/mol. The van der Waals surface area contributed by atoms with Crippen LogP contribution in [0, 0.1) is 0 Å². The summed E-state index contributed by atoms with van der Waals surface area (Å²) in [5.41, 5.74) is 2.08. The van der Waals surface area contributed by atoms with Crippen LogP contribution in [0.25, 0.3) is 5.69 Å². The number of nitrogens with zero attached hydrogens (tertiary/aromatic N) is 4. The van der Waals surface area contributed by atoms with Gasteiger partial charge in [0.2, 0.25) is 0 Å². The van der Waals surface area contributed by atoms with Gasteiger partial charge in [-0.05, 0) is 64.0 Å². The van der Waals surface area contributed by atoms with Gasteiger partial charge in [-0.3, -0.25) is 18.7 Å². The van der Waals surface area contributed by atoms with Gasteiger partial charge < -0.3 is 19.9 Å². The maximum Gasteiger partial charge on any atom is 0.416 e. The molecule has 1 N–H and O–H groups in total. The van der Waals surface area contributed by atoms with Crippen LogP contribution in [0.15, 0.2) is 82.1 Å². The molecule has 0 spiro atoms. The molecule has 0 saturated carbocycles. The fraction of sp³-hybridized carbons (Fsp3) is 0.281. The second-order valence-corrected chi connectivity index (χ2v) is 12.2. The molecule has 2 aliphatic heterocycles. The zero-order valence-electron chi connectivity index (χ0n) is 24.3. The molecule has 0 bridgehead atoms. The van der Waals surface area contributed by atoms with Crippen molar-refractivity contribution in [1.29, 1.82) is 0 Å². The lowest BCUT2D eigenvalue weighted by molar-refractivity contribution is -0.221. The molecular formula is C32H28BrClF3N5O4. The SMILES string of the molecule is O=C(NCc1ccccc1)c1c2n(c(=O)n1-c1ccc(N3CCO[C@H](C(F)(F)F)C3)cc1)CCN(C(=O)c1ccc(Br)c(Cl)c1)C2. The van der Waals surface area contributed by atoms with Crippen molar-refractivity contribution in [3.8, 4) is 5.69 Å². The van der Waals surface area contributed by atoms with Crippen LogP contribution < -0.4 is 15.9 Å². The molecule has 46 heavy (non-hydrogen) atoms. The Morgan fingerprint density at radius 2 is 1.70 bits per heavy atom. The van der Waals surface area contributed by atoms with Gasteiger partial charge in [0.1, 0.15) is 5.69 Å². The monoisotopic (exact) mass is 717 g/mol. The van der Waals surface area contributed by atoms with E-state index in [9.17, 15) is 27.6 Å². The average Bonchev–Trinajstić information content (AvgIpc) is 3.36. The zero-order valence-corrected chi connectivity index (χ0v) is 26.6. The Kier molecular flexibility index (Phi) is 8.99. The van der Waals surface area contributed by atoms with E-state index in [0.29, 0.717) is 32.1 Å². The van der Waals surface area contributed by atoms with Gasteiger partial charge in [-0.25, -0.2) is 4.79 Å². The summed E-state index contributed by atoms with van der Waals surface area (Å²) < 4.78 is 48.3. The number of fused-ring (bicyclic) bond motifs is 1. The first-order valence-electron chi connectivity index (χ1n) is 14.5. The molecule has 0 unspecified atom stereocenters. The van der Waals surface area contributed by atoms with Crippen LogP contribution >= 0.6 is 27.5 Å². The van der Waals surface area contributed by atoms with Gasteiger partial charge >= 0.3 is 11.9 Å². The third-order valence-corrected chi connectivity index (χ3v) is 9.28. The summed E-state index contributed by atoms with van der Waals surface area (Å²) in [6.45, 7) is 0.413. The van der Waals surface area contributed by atoms with Crippen LogP contribution in [0.4, 0.5) is 18.9 Å². The molecule has 1 aromatic heterocycles.